The fourth-order valence-corrected chi connectivity index (χ4v) is 2.80. The third-order valence-corrected chi connectivity index (χ3v) is 3.67. The Morgan fingerprint density at radius 3 is 3.08 bits per heavy atom. The van der Waals surface area contributed by atoms with Crippen LogP contribution in [0.3, 0.4) is 0 Å². The Morgan fingerprint density at radius 2 is 2.46 bits per heavy atom. The summed E-state index contributed by atoms with van der Waals surface area (Å²) in [4.78, 5) is 0. The van der Waals surface area contributed by atoms with E-state index >= 15 is 0 Å². The Balaban J connectivity index is 1.83. The van der Waals surface area contributed by atoms with Crippen molar-refractivity contribution < 1.29 is 0 Å². The van der Waals surface area contributed by atoms with Crippen LogP contribution in [0, 0.1) is 0 Å². The second-order valence-electron chi connectivity index (χ2n) is 3.78. The Labute approximate surface area is 83.9 Å². The van der Waals surface area contributed by atoms with Crippen molar-refractivity contribution in [3.8, 4) is 0 Å². The Kier molecular flexibility index (Phi) is 2.94. The van der Waals surface area contributed by atoms with Gasteiger partial charge in [0.1, 0.15) is 0 Å². The zero-order valence-corrected chi connectivity index (χ0v) is 8.86. The van der Waals surface area contributed by atoms with Gasteiger partial charge in [-0.15, -0.1) is 0 Å². The van der Waals surface area contributed by atoms with E-state index in [0.29, 0.717) is 6.04 Å². The molecule has 13 heavy (non-hydrogen) atoms. The molecular formula is C10H16N2S. The first-order valence-corrected chi connectivity index (χ1v) is 6.07. The molecule has 72 valence electrons. The average molecular weight is 196 g/mol. The molecule has 1 aliphatic heterocycles. The van der Waals surface area contributed by atoms with Crippen LogP contribution in [0.2, 0.25) is 0 Å². The maximum absolute atomic E-state index is 4.43. The van der Waals surface area contributed by atoms with Crippen molar-refractivity contribution in [1.29, 1.82) is 0 Å². The van der Waals surface area contributed by atoms with E-state index in [1.54, 1.807) is 0 Å². The van der Waals surface area contributed by atoms with Crippen LogP contribution in [0.15, 0.2) is 16.8 Å². The third-order valence-electron chi connectivity index (χ3n) is 2.51. The van der Waals surface area contributed by atoms with Crippen molar-refractivity contribution in [1.82, 2.24) is 5.43 Å². The fraction of sp³-hybridized carbons (Fsp3) is 0.700. The van der Waals surface area contributed by atoms with Gasteiger partial charge in [0.05, 0.1) is 11.8 Å². The number of thioether (sulfide) groups is 1. The highest BCUT2D eigenvalue weighted by atomic mass is 32.2. The van der Waals surface area contributed by atoms with Gasteiger partial charge in [-0.2, -0.15) is 16.9 Å². The normalized spacial score (nSPS) is 31.0. The molecule has 1 aliphatic carbocycles. The second-order valence-corrected chi connectivity index (χ2v) is 4.93. The van der Waals surface area contributed by atoms with Crippen molar-refractivity contribution in [2.45, 2.75) is 32.2 Å². The number of hydrazone groups is 1. The summed E-state index contributed by atoms with van der Waals surface area (Å²) in [6, 6.07) is 0.617. The molecule has 1 atom stereocenters. The Hall–Kier alpha value is -0.440. The van der Waals surface area contributed by atoms with Gasteiger partial charge in [0.25, 0.3) is 0 Å². The van der Waals surface area contributed by atoms with Crippen LogP contribution in [0.5, 0.6) is 0 Å². The largest absolute Gasteiger partial charge is 0.306 e. The van der Waals surface area contributed by atoms with Crippen LogP contribution in [0.4, 0.5) is 0 Å². The first kappa shape index (κ1) is 9.13. The number of nitrogens with zero attached hydrogens (tertiary/aromatic N) is 1. The highest BCUT2D eigenvalue weighted by Crippen LogP contribution is 2.18. The van der Waals surface area contributed by atoms with E-state index in [2.05, 4.69) is 23.5 Å². The summed E-state index contributed by atoms with van der Waals surface area (Å²) in [6.07, 6.45) is 5.79. The summed E-state index contributed by atoms with van der Waals surface area (Å²) in [5, 5.41) is 4.43. The molecule has 0 amide bonds. The minimum atomic E-state index is 0.617. The molecule has 2 nitrogen and oxygen atoms in total. The van der Waals surface area contributed by atoms with E-state index in [0.717, 1.165) is 6.42 Å². The number of nitrogens with one attached hydrogen (secondary N) is 1. The van der Waals surface area contributed by atoms with Gasteiger partial charge in [-0.25, -0.2) is 0 Å². The van der Waals surface area contributed by atoms with Gasteiger partial charge >= 0.3 is 0 Å². The zero-order chi connectivity index (χ0) is 9.10. The molecule has 2 aliphatic rings. The monoisotopic (exact) mass is 196 g/mol. The van der Waals surface area contributed by atoms with Gasteiger partial charge in [-0.3, -0.25) is 0 Å². The Bertz CT molecular complexity index is 239. The molecule has 0 aromatic rings. The second kappa shape index (κ2) is 4.18. The molecule has 0 aromatic carbocycles. The van der Waals surface area contributed by atoms with Crippen LogP contribution in [0.1, 0.15) is 26.2 Å². The predicted octanol–water partition coefficient (Wildman–Crippen LogP) is 2.18. The molecule has 0 bridgehead atoms. The molecule has 1 fully saturated rings. The van der Waals surface area contributed by atoms with E-state index < -0.39 is 0 Å². The molecule has 2 rings (SSSR count). The summed E-state index contributed by atoms with van der Waals surface area (Å²) in [5.74, 6) is 2.51. The van der Waals surface area contributed by atoms with Crippen LogP contribution < -0.4 is 5.43 Å². The molecule has 1 heterocycles. The van der Waals surface area contributed by atoms with Gasteiger partial charge in [0.2, 0.25) is 0 Å². The highest BCUT2D eigenvalue weighted by molar-refractivity contribution is 7.99. The van der Waals surface area contributed by atoms with Gasteiger partial charge in [-0.05, 0) is 38.0 Å². The number of allylic oxidation sites excluding steroid dienone is 2. The summed E-state index contributed by atoms with van der Waals surface area (Å²) in [5.41, 5.74) is 5.96. The first-order chi connectivity index (χ1) is 6.34. The van der Waals surface area contributed by atoms with Crippen LogP contribution in [0.25, 0.3) is 0 Å². The van der Waals surface area contributed by atoms with Gasteiger partial charge in [-0.1, -0.05) is 5.57 Å². The maximum Gasteiger partial charge on any atom is 0.0605 e. The molecular weight excluding hydrogens is 180 g/mol. The summed E-state index contributed by atoms with van der Waals surface area (Å²) < 4.78 is 0. The minimum Gasteiger partial charge on any atom is -0.306 e. The van der Waals surface area contributed by atoms with E-state index in [9.17, 15) is 0 Å². The van der Waals surface area contributed by atoms with E-state index in [1.807, 2.05) is 11.8 Å². The quantitative estimate of drug-likeness (QED) is 0.685. The predicted molar refractivity (Wildman–Crippen MR) is 59.3 cm³/mol. The van der Waals surface area contributed by atoms with Crippen LogP contribution in [-0.4, -0.2) is 23.3 Å². The molecule has 3 heteroatoms. The van der Waals surface area contributed by atoms with Crippen LogP contribution in [-0.2, 0) is 0 Å². The first-order valence-electron chi connectivity index (χ1n) is 4.91. The standard InChI is InChI=1S/C10H16N2S/c1-8-2-3-9(6-8)11-12-10-4-5-13-7-10/h6,10,12H,2-5,7H2,1H3/b11-9+. The van der Waals surface area contributed by atoms with Gasteiger partial charge in [0, 0.05) is 5.75 Å². The summed E-state index contributed by atoms with van der Waals surface area (Å²) >= 11 is 2.02. The number of rotatable bonds is 2. The lowest BCUT2D eigenvalue weighted by molar-refractivity contribution is 0.584. The fourth-order valence-electron chi connectivity index (χ4n) is 1.65. The Morgan fingerprint density at radius 1 is 1.54 bits per heavy atom. The maximum atomic E-state index is 4.43. The molecule has 0 saturated carbocycles. The number of hydrogen-bond acceptors (Lipinski definition) is 3. The average Bonchev–Trinajstić information content (AvgIpc) is 2.71. The van der Waals surface area contributed by atoms with Crippen molar-refractivity contribution >= 4 is 17.5 Å². The van der Waals surface area contributed by atoms with E-state index in [4.69, 9.17) is 0 Å². The zero-order valence-electron chi connectivity index (χ0n) is 8.05. The third kappa shape index (κ3) is 2.50. The lowest BCUT2D eigenvalue weighted by Crippen LogP contribution is -2.24. The molecule has 0 aromatic heterocycles. The smallest absolute Gasteiger partial charge is 0.0605 e. The lowest BCUT2D eigenvalue weighted by atomic mass is 10.3. The lowest BCUT2D eigenvalue weighted by Gasteiger charge is -2.07. The van der Waals surface area contributed by atoms with Crippen molar-refractivity contribution in [2.75, 3.05) is 11.5 Å². The molecule has 0 radical (unpaired) electrons. The van der Waals surface area contributed by atoms with E-state index in [-0.39, 0.29) is 0 Å². The SMILES string of the molecule is CC1=C/C(=N/NC2CCSC2)CC1. The topological polar surface area (TPSA) is 24.4 Å². The van der Waals surface area contributed by atoms with Crippen LogP contribution >= 0.6 is 11.8 Å². The van der Waals surface area contributed by atoms with Crippen molar-refractivity contribution in [2.24, 2.45) is 5.10 Å². The minimum absolute atomic E-state index is 0.617. The van der Waals surface area contributed by atoms with E-state index in [1.165, 1.54) is 35.6 Å². The van der Waals surface area contributed by atoms with Crippen molar-refractivity contribution in [3.63, 3.8) is 0 Å². The molecule has 0 spiro atoms. The molecule has 1 N–H and O–H groups in total. The van der Waals surface area contributed by atoms with Crippen molar-refractivity contribution in [3.05, 3.63) is 11.6 Å². The van der Waals surface area contributed by atoms with Gasteiger partial charge < -0.3 is 5.43 Å². The molecule has 1 unspecified atom stereocenters. The van der Waals surface area contributed by atoms with Gasteiger partial charge in [0.15, 0.2) is 0 Å². The number of hydrogen-bond donors (Lipinski definition) is 1. The highest BCUT2D eigenvalue weighted by Gasteiger charge is 2.14. The summed E-state index contributed by atoms with van der Waals surface area (Å²) in [7, 11) is 0. The summed E-state index contributed by atoms with van der Waals surface area (Å²) in [6.45, 7) is 2.17. The molecule has 1 saturated heterocycles.